The number of carbonyl (C=O) groups is 1. The highest BCUT2D eigenvalue weighted by Gasteiger charge is 2.11. The van der Waals surface area contributed by atoms with Gasteiger partial charge in [0.25, 0.3) is 0 Å². The van der Waals surface area contributed by atoms with Gasteiger partial charge in [-0.3, -0.25) is 4.79 Å². The van der Waals surface area contributed by atoms with Gasteiger partial charge in [-0.15, -0.1) is 11.3 Å². The SMILES string of the molecule is O=C(Cc1csc(-c2cccc(Br)c2)n1)Nc1ccc(F)c(F)c1. The number of amides is 1. The number of halogens is 3. The van der Waals surface area contributed by atoms with Crippen LogP contribution in [0.1, 0.15) is 5.69 Å². The normalized spacial score (nSPS) is 10.6. The van der Waals surface area contributed by atoms with Gasteiger partial charge in [-0.25, -0.2) is 13.8 Å². The Labute approximate surface area is 149 Å². The van der Waals surface area contributed by atoms with Crippen molar-refractivity contribution >= 4 is 38.9 Å². The molecular formula is C17H11BrF2N2OS. The molecule has 2 aromatic carbocycles. The molecule has 0 saturated carbocycles. The van der Waals surface area contributed by atoms with E-state index in [-0.39, 0.29) is 18.0 Å². The number of nitrogens with one attached hydrogen (secondary N) is 1. The van der Waals surface area contributed by atoms with Gasteiger partial charge in [0.1, 0.15) is 5.01 Å². The first-order valence-electron chi connectivity index (χ1n) is 6.96. The Bertz CT molecular complexity index is 898. The van der Waals surface area contributed by atoms with Crippen molar-refractivity contribution in [2.24, 2.45) is 0 Å². The summed E-state index contributed by atoms with van der Waals surface area (Å²) in [7, 11) is 0. The predicted octanol–water partition coefficient (Wildman–Crippen LogP) is 5.03. The van der Waals surface area contributed by atoms with E-state index in [0.29, 0.717) is 5.69 Å². The summed E-state index contributed by atoms with van der Waals surface area (Å²) in [6.45, 7) is 0. The Kier molecular flexibility index (Phi) is 5.01. The van der Waals surface area contributed by atoms with Crippen molar-refractivity contribution in [3.8, 4) is 10.6 Å². The Hall–Kier alpha value is -2.12. The van der Waals surface area contributed by atoms with Gasteiger partial charge < -0.3 is 5.32 Å². The number of carbonyl (C=O) groups excluding carboxylic acids is 1. The van der Waals surface area contributed by atoms with Gasteiger partial charge in [0.05, 0.1) is 12.1 Å². The summed E-state index contributed by atoms with van der Waals surface area (Å²) in [5, 5.41) is 5.15. The molecule has 0 aliphatic heterocycles. The third kappa shape index (κ3) is 4.04. The van der Waals surface area contributed by atoms with Crippen LogP contribution < -0.4 is 5.32 Å². The monoisotopic (exact) mass is 408 g/mol. The smallest absolute Gasteiger partial charge is 0.230 e. The molecule has 3 aromatic rings. The Morgan fingerprint density at radius 2 is 2.00 bits per heavy atom. The molecule has 24 heavy (non-hydrogen) atoms. The third-order valence-electron chi connectivity index (χ3n) is 3.17. The maximum absolute atomic E-state index is 13.1. The van der Waals surface area contributed by atoms with Gasteiger partial charge in [-0.2, -0.15) is 0 Å². The fraction of sp³-hybridized carbons (Fsp3) is 0.0588. The van der Waals surface area contributed by atoms with E-state index in [1.807, 2.05) is 24.3 Å². The second-order valence-electron chi connectivity index (χ2n) is 5.01. The van der Waals surface area contributed by atoms with Crippen molar-refractivity contribution in [1.29, 1.82) is 0 Å². The standard InChI is InChI=1S/C17H11BrF2N2OS/c18-11-3-1-2-10(6-11)17-22-13(9-24-17)8-16(23)21-12-4-5-14(19)15(20)7-12/h1-7,9H,8H2,(H,21,23). The average molecular weight is 409 g/mol. The maximum atomic E-state index is 13.1. The molecule has 1 aromatic heterocycles. The molecule has 0 saturated heterocycles. The summed E-state index contributed by atoms with van der Waals surface area (Å²) < 4.78 is 27.0. The van der Waals surface area contributed by atoms with Crippen molar-refractivity contribution in [1.82, 2.24) is 4.98 Å². The minimum atomic E-state index is -1.00. The van der Waals surface area contributed by atoms with E-state index in [2.05, 4.69) is 26.2 Å². The Morgan fingerprint density at radius 3 is 2.75 bits per heavy atom. The first-order chi connectivity index (χ1) is 11.5. The van der Waals surface area contributed by atoms with Crippen molar-refractivity contribution in [2.45, 2.75) is 6.42 Å². The second kappa shape index (κ2) is 7.19. The van der Waals surface area contributed by atoms with E-state index < -0.39 is 11.6 Å². The molecule has 3 nitrogen and oxygen atoms in total. The molecule has 0 aliphatic carbocycles. The van der Waals surface area contributed by atoms with E-state index in [9.17, 15) is 13.6 Å². The quantitative estimate of drug-likeness (QED) is 0.657. The van der Waals surface area contributed by atoms with E-state index in [0.717, 1.165) is 27.2 Å². The minimum absolute atomic E-state index is 0.0590. The molecule has 0 fully saturated rings. The fourth-order valence-corrected chi connectivity index (χ4v) is 3.30. The molecule has 122 valence electrons. The Balaban J connectivity index is 1.68. The molecule has 3 rings (SSSR count). The van der Waals surface area contributed by atoms with Gasteiger partial charge in [0.15, 0.2) is 11.6 Å². The lowest BCUT2D eigenvalue weighted by Crippen LogP contribution is -2.14. The minimum Gasteiger partial charge on any atom is -0.326 e. The first kappa shape index (κ1) is 16.7. The lowest BCUT2D eigenvalue weighted by Gasteiger charge is -2.04. The summed E-state index contributed by atoms with van der Waals surface area (Å²) in [6.07, 6.45) is 0.0590. The van der Waals surface area contributed by atoms with Crippen LogP contribution in [0.25, 0.3) is 10.6 Å². The number of benzene rings is 2. The van der Waals surface area contributed by atoms with Gasteiger partial charge >= 0.3 is 0 Å². The summed E-state index contributed by atoms with van der Waals surface area (Å²) in [4.78, 5) is 16.4. The molecule has 0 radical (unpaired) electrons. The zero-order valence-electron chi connectivity index (χ0n) is 12.2. The molecule has 1 N–H and O–H groups in total. The van der Waals surface area contributed by atoms with Crippen molar-refractivity contribution in [2.75, 3.05) is 5.32 Å². The number of rotatable bonds is 4. The van der Waals surface area contributed by atoms with Crippen LogP contribution in [0.2, 0.25) is 0 Å². The number of thiazole rings is 1. The summed E-state index contributed by atoms with van der Waals surface area (Å²) >= 11 is 4.85. The average Bonchev–Trinajstić information content (AvgIpc) is 2.99. The molecule has 0 atom stereocenters. The Morgan fingerprint density at radius 1 is 1.17 bits per heavy atom. The third-order valence-corrected chi connectivity index (χ3v) is 4.60. The van der Waals surface area contributed by atoms with Crippen LogP contribution >= 0.6 is 27.3 Å². The lowest BCUT2D eigenvalue weighted by atomic mass is 10.2. The zero-order chi connectivity index (χ0) is 17.1. The highest BCUT2D eigenvalue weighted by atomic mass is 79.9. The summed E-state index contributed by atoms with van der Waals surface area (Å²) in [6, 6.07) is 11.0. The number of hydrogen-bond acceptors (Lipinski definition) is 3. The largest absolute Gasteiger partial charge is 0.326 e. The van der Waals surface area contributed by atoms with Crippen LogP contribution in [0.15, 0.2) is 52.3 Å². The van der Waals surface area contributed by atoms with E-state index in [1.54, 1.807) is 5.38 Å². The molecule has 0 aliphatic rings. The van der Waals surface area contributed by atoms with E-state index >= 15 is 0 Å². The van der Waals surface area contributed by atoms with Gasteiger partial charge in [-0.1, -0.05) is 28.1 Å². The number of nitrogens with zero attached hydrogens (tertiary/aromatic N) is 1. The molecule has 1 amide bonds. The van der Waals surface area contributed by atoms with Crippen molar-refractivity contribution in [3.63, 3.8) is 0 Å². The highest BCUT2D eigenvalue weighted by molar-refractivity contribution is 9.10. The summed E-state index contributed by atoms with van der Waals surface area (Å²) in [5.41, 5.74) is 1.79. The van der Waals surface area contributed by atoms with Gasteiger partial charge in [0.2, 0.25) is 5.91 Å². The number of aromatic nitrogens is 1. The van der Waals surface area contributed by atoms with Crippen LogP contribution in [0.5, 0.6) is 0 Å². The van der Waals surface area contributed by atoms with Gasteiger partial charge in [-0.05, 0) is 24.3 Å². The highest BCUT2D eigenvalue weighted by Crippen LogP contribution is 2.26. The lowest BCUT2D eigenvalue weighted by molar-refractivity contribution is -0.115. The molecule has 7 heteroatoms. The molecule has 0 unspecified atom stereocenters. The van der Waals surface area contributed by atoms with Crippen LogP contribution in [-0.4, -0.2) is 10.9 Å². The molecule has 0 bridgehead atoms. The predicted molar refractivity (Wildman–Crippen MR) is 93.9 cm³/mol. The molecule has 1 heterocycles. The van der Waals surface area contributed by atoms with E-state index in [1.165, 1.54) is 17.4 Å². The van der Waals surface area contributed by atoms with Gasteiger partial charge in [0, 0.05) is 27.2 Å². The second-order valence-corrected chi connectivity index (χ2v) is 6.78. The number of anilines is 1. The van der Waals surface area contributed by atoms with E-state index in [4.69, 9.17) is 0 Å². The molecular weight excluding hydrogens is 398 g/mol. The van der Waals surface area contributed by atoms with Crippen molar-refractivity contribution in [3.05, 3.63) is 69.6 Å². The van der Waals surface area contributed by atoms with Crippen molar-refractivity contribution < 1.29 is 13.6 Å². The topological polar surface area (TPSA) is 42.0 Å². The molecule has 0 spiro atoms. The zero-order valence-corrected chi connectivity index (χ0v) is 14.6. The summed E-state index contributed by atoms with van der Waals surface area (Å²) in [5.74, 6) is -2.29. The fourth-order valence-electron chi connectivity index (χ4n) is 2.09. The van der Waals surface area contributed by atoms with Crippen LogP contribution in [0.4, 0.5) is 14.5 Å². The van der Waals surface area contributed by atoms with Crippen LogP contribution in [0, 0.1) is 11.6 Å². The first-order valence-corrected chi connectivity index (χ1v) is 8.64. The van der Waals surface area contributed by atoms with Crippen LogP contribution in [0.3, 0.4) is 0 Å². The number of hydrogen-bond donors (Lipinski definition) is 1. The maximum Gasteiger partial charge on any atom is 0.230 e. The van der Waals surface area contributed by atoms with Crippen LogP contribution in [-0.2, 0) is 11.2 Å².